The monoisotopic (exact) mass is 253 g/mol. The fourth-order valence-corrected chi connectivity index (χ4v) is 2.39. The van der Waals surface area contributed by atoms with Crippen molar-refractivity contribution in [1.29, 1.82) is 0 Å². The number of thioether (sulfide) groups is 1. The Balaban J connectivity index is 2.43. The lowest BCUT2D eigenvalue weighted by molar-refractivity contribution is 0.276. The molecular weight excluding hydrogens is 230 g/mol. The molecule has 0 radical (unpaired) electrons. The van der Waals surface area contributed by atoms with Gasteiger partial charge in [-0.2, -0.15) is 11.8 Å². The number of hydrogen-bond donors (Lipinski definition) is 2. The fourth-order valence-electron chi connectivity index (χ4n) is 1.74. The second-order valence-corrected chi connectivity index (χ2v) is 5.37. The minimum absolute atomic E-state index is 0.226. The molecule has 0 heterocycles. The Kier molecular flexibility index (Phi) is 6.63. The van der Waals surface area contributed by atoms with Crippen LogP contribution in [-0.2, 0) is 13.0 Å². The first-order chi connectivity index (χ1) is 8.21. The van der Waals surface area contributed by atoms with Crippen LogP contribution in [0, 0.1) is 0 Å². The van der Waals surface area contributed by atoms with Crippen LogP contribution in [0.5, 0.6) is 0 Å². The topological polar surface area (TPSA) is 32.3 Å². The molecule has 1 aromatic carbocycles. The highest BCUT2D eigenvalue weighted by Crippen LogP contribution is 2.11. The van der Waals surface area contributed by atoms with E-state index in [2.05, 4.69) is 43.4 Å². The quantitative estimate of drug-likeness (QED) is 0.783. The molecule has 2 unspecified atom stereocenters. The third-order valence-electron chi connectivity index (χ3n) is 3.10. The molecule has 0 amide bonds. The molecule has 0 aromatic heterocycles. The molecule has 1 rings (SSSR count). The lowest BCUT2D eigenvalue weighted by Gasteiger charge is -2.21. The van der Waals surface area contributed by atoms with Gasteiger partial charge in [-0.3, -0.25) is 0 Å². The maximum Gasteiger partial charge on any atom is 0.0564 e. The summed E-state index contributed by atoms with van der Waals surface area (Å²) in [5.41, 5.74) is 2.67. The SMILES string of the molecule is CCc1ccc(CNC(C)C(CO)SC)cc1. The van der Waals surface area contributed by atoms with Crippen LogP contribution < -0.4 is 5.32 Å². The number of aryl methyl sites for hydroxylation is 1. The van der Waals surface area contributed by atoms with Crippen LogP contribution in [0.2, 0.25) is 0 Å². The highest BCUT2D eigenvalue weighted by atomic mass is 32.2. The smallest absolute Gasteiger partial charge is 0.0564 e. The van der Waals surface area contributed by atoms with Gasteiger partial charge in [-0.1, -0.05) is 31.2 Å². The molecule has 0 saturated heterocycles. The van der Waals surface area contributed by atoms with Crippen molar-refractivity contribution in [3.63, 3.8) is 0 Å². The van der Waals surface area contributed by atoms with Gasteiger partial charge in [-0.15, -0.1) is 0 Å². The van der Waals surface area contributed by atoms with E-state index in [1.54, 1.807) is 11.8 Å². The van der Waals surface area contributed by atoms with Crippen molar-refractivity contribution in [3.05, 3.63) is 35.4 Å². The van der Waals surface area contributed by atoms with E-state index in [1.165, 1.54) is 11.1 Å². The Labute approximate surface area is 109 Å². The Bertz CT molecular complexity index is 309. The van der Waals surface area contributed by atoms with Crippen LogP contribution in [0.25, 0.3) is 0 Å². The van der Waals surface area contributed by atoms with Gasteiger partial charge in [0.15, 0.2) is 0 Å². The van der Waals surface area contributed by atoms with Gasteiger partial charge in [0.2, 0.25) is 0 Å². The van der Waals surface area contributed by atoms with E-state index in [0.29, 0.717) is 6.04 Å². The fraction of sp³-hybridized carbons (Fsp3) is 0.571. The molecule has 0 fully saturated rings. The Morgan fingerprint density at radius 1 is 1.24 bits per heavy atom. The van der Waals surface area contributed by atoms with E-state index in [1.807, 2.05) is 6.26 Å². The summed E-state index contributed by atoms with van der Waals surface area (Å²) >= 11 is 1.71. The number of benzene rings is 1. The van der Waals surface area contributed by atoms with Gasteiger partial charge in [-0.05, 0) is 30.7 Å². The maximum atomic E-state index is 9.20. The first-order valence-corrected chi connectivity index (χ1v) is 7.44. The lowest BCUT2D eigenvalue weighted by atomic mass is 10.1. The third kappa shape index (κ3) is 4.70. The molecular formula is C14H23NOS. The average molecular weight is 253 g/mol. The van der Waals surface area contributed by atoms with Gasteiger partial charge in [0, 0.05) is 17.8 Å². The minimum Gasteiger partial charge on any atom is -0.395 e. The summed E-state index contributed by atoms with van der Waals surface area (Å²) in [5.74, 6) is 0. The highest BCUT2D eigenvalue weighted by Gasteiger charge is 2.13. The van der Waals surface area contributed by atoms with Gasteiger partial charge in [0.1, 0.15) is 0 Å². The normalized spacial score (nSPS) is 14.6. The Morgan fingerprint density at radius 3 is 2.29 bits per heavy atom. The molecule has 1 aromatic rings. The average Bonchev–Trinajstić information content (AvgIpc) is 2.38. The summed E-state index contributed by atoms with van der Waals surface area (Å²) in [4.78, 5) is 0. The van der Waals surface area contributed by atoms with E-state index in [9.17, 15) is 5.11 Å². The van der Waals surface area contributed by atoms with Crippen molar-refractivity contribution >= 4 is 11.8 Å². The van der Waals surface area contributed by atoms with Crippen molar-refractivity contribution in [3.8, 4) is 0 Å². The molecule has 96 valence electrons. The largest absolute Gasteiger partial charge is 0.395 e. The van der Waals surface area contributed by atoms with Crippen molar-refractivity contribution in [1.82, 2.24) is 5.32 Å². The number of nitrogens with one attached hydrogen (secondary N) is 1. The number of rotatable bonds is 7. The van der Waals surface area contributed by atoms with Gasteiger partial charge < -0.3 is 10.4 Å². The van der Waals surface area contributed by atoms with Crippen molar-refractivity contribution in [2.24, 2.45) is 0 Å². The predicted molar refractivity (Wildman–Crippen MR) is 76.5 cm³/mol. The second kappa shape index (κ2) is 7.75. The molecule has 2 atom stereocenters. The number of aliphatic hydroxyl groups is 1. The van der Waals surface area contributed by atoms with E-state index in [4.69, 9.17) is 0 Å². The minimum atomic E-state index is 0.226. The van der Waals surface area contributed by atoms with Crippen molar-refractivity contribution < 1.29 is 5.11 Å². The Hall–Kier alpha value is -0.510. The summed E-state index contributed by atoms with van der Waals surface area (Å²) in [6.07, 6.45) is 3.12. The lowest BCUT2D eigenvalue weighted by Crippen LogP contribution is -2.37. The zero-order valence-corrected chi connectivity index (χ0v) is 11.8. The van der Waals surface area contributed by atoms with Gasteiger partial charge in [-0.25, -0.2) is 0 Å². The molecule has 17 heavy (non-hydrogen) atoms. The highest BCUT2D eigenvalue weighted by molar-refractivity contribution is 7.99. The molecule has 3 heteroatoms. The van der Waals surface area contributed by atoms with Crippen LogP contribution in [0.3, 0.4) is 0 Å². The van der Waals surface area contributed by atoms with E-state index < -0.39 is 0 Å². The summed E-state index contributed by atoms with van der Waals surface area (Å²) in [5, 5.41) is 12.9. The first kappa shape index (κ1) is 14.6. The first-order valence-electron chi connectivity index (χ1n) is 6.16. The Morgan fingerprint density at radius 2 is 1.82 bits per heavy atom. The van der Waals surface area contributed by atoms with Crippen molar-refractivity contribution in [2.75, 3.05) is 12.9 Å². The van der Waals surface area contributed by atoms with Crippen LogP contribution in [0.4, 0.5) is 0 Å². The van der Waals surface area contributed by atoms with Gasteiger partial charge in [0.05, 0.1) is 6.61 Å². The third-order valence-corrected chi connectivity index (χ3v) is 4.26. The number of aliphatic hydroxyl groups excluding tert-OH is 1. The van der Waals surface area contributed by atoms with E-state index >= 15 is 0 Å². The summed E-state index contributed by atoms with van der Waals surface area (Å²) in [7, 11) is 0. The molecule has 0 aliphatic heterocycles. The van der Waals surface area contributed by atoms with Crippen LogP contribution in [0.1, 0.15) is 25.0 Å². The standard InChI is InChI=1S/C14H23NOS/c1-4-12-5-7-13(8-6-12)9-15-11(2)14(10-16)17-3/h5-8,11,14-16H,4,9-10H2,1-3H3. The molecule has 0 aliphatic rings. The van der Waals surface area contributed by atoms with E-state index in [-0.39, 0.29) is 11.9 Å². The molecule has 2 nitrogen and oxygen atoms in total. The molecule has 2 N–H and O–H groups in total. The van der Waals surface area contributed by atoms with Gasteiger partial charge >= 0.3 is 0 Å². The van der Waals surface area contributed by atoms with E-state index in [0.717, 1.165) is 13.0 Å². The van der Waals surface area contributed by atoms with Crippen LogP contribution in [-0.4, -0.2) is 29.3 Å². The summed E-state index contributed by atoms with van der Waals surface area (Å²) < 4.78 is 0. The van der Waals surface area contributed by atoms with Crippen LogP contribution >= 0.6 is 11.8 Å². The van der Waals surface area contributed by atoms with Crippen molar-refractivity contribution in [2.45, 2.75) is 38.1 Å². The maximum absolute atomic E-state index is 9.20. The molecule has 0 aliphatic carbocycles. The summed E-state index contributed by atoms with van der Waals surface area (Å²) in [6.45, 7) is 5.38. The second-order valence-electron chi connectivity index (χ2n) is 4.30. The summed E-state index contributed by atoms with van der Waals surface area (Å²) in [6, 6.07) is 9.03. The molecule has 0 spiro atoms. The zero-order chi connectivity index (χ0) is 12.7. The van der Waals surface area contributed by atoms with Crippen LogP contribution in [0.15, 0.2) is 24.3 Å². The molecule has 0 saturated carbocycles. The number of hydrogen-bond acceptors (Lipinski definition) is 3. The zero-order valence-electron chi connectivity index (χ0n) is 10.9. The van der Waals surface area contributed by atoms with Gasteiger partial charge in [0.25, 0.3) is 0 Å². The molecule has 0 bridgehead atoms. The predicted octanol–water partition coefficient (Wildman–Crippen LogP) is 2.45.